The van der Waals surface area contributed by atoms with E-state index in [0.717, 1.165) is 24.2 Å². The van der Waals surface area contributed by atoms with Crippen molar-refractivity contribution in [3.63, 3.8) is 0 Å². The van der Waals surface area contributed by atoms with Gasteiger partial charge in [0, 0.05) is 12.2 Å². The third kappa shape index (κ3) is 5.47. The van der Waals surface area contributed by atoms with E-state index in [1.807, 2.05) is 24.3 Å². The van der Waals surface area contributed by atoms with Gasteiger partial charge < -0.3 is 10.6 Å². The van der Waals surface area contributed by atoms with Crippen molar-refractivity contribution in [3.8, 4) is 0 Å². The third-order valence-corrected chi connectivity index (χ3v) is 2.33. The zero-order chi connectivity index (χ0) is 12.5. The molecule has 17 heavy (non-hydrogen) atoms. The number of rotatable bonds is 5. The van der Waals surface area contributed by atoms with Gasteiger partial charge in [0.2, 0.25) is 0 Å². The molecule has 1 rings (SSSR count). The lowest BCUT2D eigenvalue weighted by molar-refractivity contribution is 0.233. The molecule has 0 saturated carbocycles. The van der Waals surface area contributed by atoms with E-state index >= 15 is 0 Å². The number of benzene rings is 1. The first-order valence-corrected chi connectivity index (χ1v) is 6.06. The molecule has 1 aromatic carbocycles. The second-order valence-electron chi connectivity index (χ2n) is 3.58. The Hall–Kier alpha value is -1.39. The van der Waals surface area contributed by atoms with Gasteiger partial charge in [0.15, 0.2) is 5.11 Å². The summed E-state index contributed by atoms with van der Waals surface area (Å²) in [7, 11) is 0. The van der Waals surface area contributed by atoms with Crippen LogP contribution in [-0.2, 0) is 5.11 Å². The number of hydrogen-bond acceptors (Lipinski definition) is 1. The molecule has 0 aliphatic rings. The summed E-state index contributed by atoms with van der Waals surface area (Å²) in [6.45, 7) is 2.75. The van der Waals surface area contributed by atoms with Crippen molar-refractivity contribution in [2.45, 2.75) is 13.3 Å². The fourth-order valence-corrected chi connectivity index (χ4v) is 1.54. The largest absolute Gasteiger partial charge is 0.362 e. The molecule has 0 heterocycles. The van der Waals surface area contributed by atoms with Crippen molar-refractivity contribution in [3.05, 3.63) is 35.9 Å². The molecule has 0 amide bonds. The molecule has 0 spiro atoms. The smallest absolute Gasteiger partial charge is 0.170 e. The van der Waals surface area contributed by atoms with E-state index in [4.69, 9.17) is 12.2 Å². The second-order valence-corrected chi connectivity index (χ2v) is 3.98. The van der Waals surface area contributed by atoms with Crippen molar-refractivity contribution in [1.82, 2.24) is 5.32 Å². The fourth-order valence-electron chi connectivity index (χ4n) is 1.32. The molecule has 0 unspecified atom stereocenters. The van der Waals surface area contributed by atoms with Gasteiger partial charge in [-0.3, -0.25) is 0 Å². The molecule has 0 aliphatic carbocycles. The third-order valence-electron chi connectivity index (χ3n) is 2.09. The lowest BCUT2D eigenvalue weighted by Gasteiger charge is -2.09. The van der Waals surface area contributed by atoms with E-state index in [0.29, 0.717) is 5.11 Å². The van der Waals surface area contributed by atoms with Crippen molar-refractivity contribution in [1.29, 1.82) is 0 Å². The summed E-state index contributed by atoms with van der Waals surface area (Å²) in [5.41, 5.74) is 1.91. The van der Waals surface area contributed by atoms with E-state index in [-0.39, 0.29) is 6.61 Å². The van der Waals surface area contributed by atoms with E-state index in [9.17, 15) is 5.11 Å². The Morgan fingerprint density at radius 3 is 3.00 bits per heavy atom. The highest BCUT2D eigenvalue weighted by molar-refractivity contribution is 7.80. The zero-order valence-electron chi connectivity index (χ0n) is 9.90. The molecule has 0 aromatic heterocycles. The van der Waals surface area contributed by atoms with Gasteiger partial charge in [-0.2, -0.15) is 0 Å². The summed E-state index contributed by atoms with van der Waals surface area (Å²) in [5, 5.41) is 17.2. The van der Waals surface area contributed by atoms with E-state index in [1.165, 1.54) is 0 Å². The Morgan fingerprint density at radius 1 is 1.47 bits per heavy atom. The second kappa shape index (κ2) is 7.81. The summed E-state index contributed by atoms with van der Waals surface area (Å²) in [4.78, 5) is 0. The number of thiocarbonyl (C=S) groups is 1. The first-order valence-electron chi connectivity index (χ1n) is 5.66. The minimum absolute atomic E-state index is 0.200. The Morgan fingerprint density at radius 2 is 2.29 bits per heavy atom. The quantitative estimate of drug-likeness (QED) is 0.789. The average molecular weight is 249 g/mol. The van der Waals surface area contributed by atoms with Crippen LogP contribution in [0.25, 0.3) is 6.08 Å². The molecule has 3 nitrogen and oxygen atoms in total. The van der Waals surface area contributed by atoms with Gasteiger partial charge in [-0.1, -0.05) is 31.2 Å². The highest BCUT2D eigenvalue weighted by atomic mass is 32.1. The average Bonchev–Trinajstić information content (AvgIpc) is 2.34. The van der Waals surface area contributed by atoms with Crippen LogP contribution in [0, 0.1) is 0 Å². The SMILES string of the molecule is CCCNC(=S)Nc1cccc(C=CC[O])c1. The monoisotopic (exact) mass is 249 g/mol. The maximum absolute atomic E-state index is 10.4. The molecule has 4 heteroatoms. The molecule has 1 radical (unpaired) electrons. The van der Waals surface area contributed by atoms with Gasteiger partial charge in [0.25, 0.3) is 0 Å². The van der Waals surface area contributed by atoms with Gasteiger partial charge >= 0.3 is 0 Å². The van der Waals surface area contributed by atoms with Crippen LogP contribution in [0.5, 0.6) is 0 Å². The number of anilines is 1. The van der Waals surface area contributed by atoms with Crippen molar-refractivity contribution >= 4 is 29.1 Å². The van der Waals surface area contributed by atoms with Crippen LogP contribution in [0.15, 0.2) is 30.3 Å². The molecule has 2 N–H and O–H groups in total. The van der Waals surface area contributed by atoms with Gasteiger partial charge in [0.1, 0.15) is 6.61 Å². The molecule has 0 saturated heterocycles. The highest BCUT2D eigenvalue weighted by Gasteiger charge is 1.96. The topological polar surface area (TPSA) is 44.0 Å². The predicted octanol–water partition coefficient (Wildman–Crippen LogP) is 2.83. The normalized spacial score (nSPS) is 10.5. The Labute approximate surface area is 108 Å². The number of nitrogens with one attached hydrogen (secondary N) is 2. The Balaban J connectivity index is 2.59. The number of hydrogen-bond donors (Lipinski definition) is 2. The van der Waals surface area contributed by atoms with E-state index in [2.05, 4.69) is 17.6 Å². The van der Waals surface area contributed by atoms with Gasteiger partial charge in [0.05, 0.1) is 0 Å². The minimum atomic E-state index is -0.200. The van der Waals surface area contributed by atoms with Crippen molar-refractivity contribution < 1.29 is 5.11 Å². The maximum Gasteiger partial charge on any atom is 0.170 e. The first kappa shape index (κ1) is 13.7. The van der Waals surface area contributed by atoms with Gasteiger partial charge in [-0.15, -0.1) is 0 Å². The highest BCUT2D eigenvalue weighted by Crippen LogP contribution is 2.11. The predicted molar refractivity (Wildman–Crippen MR) is 75.5 cm³/mol. The fraction of sp³-hybridized carbons (Fsp3) is 0.308. The first-order chi connectivity index (χ1) is 8.26. The van der Waals surface area contributed by atoms with Crippen LogP contribution in [0.4, 0.5) is 5.69 Å². The summed E-state index contributed by atoms with van der Waals surface area (Å²) in [6.07, 6.45) is 4.43. The van der Waals surface area contributed by atoms with E-state index in [1.54, 1.807) is 12.2 Å². The molecular formula is C13H17N2OS. The molecule has 1 aromatic rings. The summed E-state index contributed by atoms with van der Waals surface area (Å²) in [5.74, 6) is 0. The lowest BCUT2D eigenvalue weighted by Crippen LogP contribution is -2.28. The molecule has 0 fully saturated rings. The van der Waals surface area contributed by atoms with Crippen LogP contribution in [0.3, 0.4) is 0 Å². The molecule has 0 atom stereocenters. The van der Waals surface area contributed by atoms with Gasteiger partial charge in [-0.25, -0.2) is 5.11 Å². The van der Waals surface area contributed by atoms with Crippen molar-refractivity contribution in [2.24, 2.45) is 0 Å². The molecule has 0 aliphatic heterocycles. The molecule has 0 bridgehead atoms. The zero-order valence-corrected chi connectivity index (χ0v) is 10.7. The van der Waals surface area contributed by atoms with Gasteiger partial charge in [-0.05, 0) is 36.3 Å². The summed E-state index contributed by atoms with van der Waals surface area (Å²) >= 11 is 5.14. The Kier molecular flexibility index (Phi) is 6.29. The van der Waals surface area contributed by atoms with E-state index < -0.39 is 0 Å². The summed E-state index contributed by atoms with van der Waals surface area (Å²) in [6, 6.07) is 7.76. The van der Waals surface area contributed by atoms with Crippen LogP contribution in [0.2, 0.25) is 0 Å². The molecule has 91 valence electrons. The van der Waals surface area contributed by atoms with Crippen LogP contribution >= 0.6 is 12.2 Å². The standard InChI is InChI=1S/C13H17N2OS/c1-2-8-14-13(17)15-12-7-3-5-11(10-12)6-4-9-16/h3-7,10H,2,8-9H2,1H3,(H2,14,15,17). The minimum Gasteiger partial charge on any atom is -0.362 e. The summed E-state index contributed by atoms with van der Waals surface area (Å²) < 4.78 is 0. The van der Waals surface area contributed by atoms with Crippen molar-refractivity contribution in [2.75, 3.05) is 18.5 Å². The lowest BCUT2D eigenvalue weighted by atomic mass is 10.2. The van der Waals surface area contributed by atoms with Crippen LogP contribution in [0.1, 0.15) is 18.9 Å². The Bertz CT molecular complexity index is 391. The molecular weight excluding hydrogens is 232 g/mol. The maximum atomic E-state index is 10.4. The van der Waals surface area contributed by atoms with Crippen LogP contribution < -0.4 is 10.6 Å². The van der Waals surface area contributed by atoms with Crippen LogP contribution in [-0.4, -0.2) is 18.3 Å².